The molecule has 0 saturated heterocycles. The zero-order valence-corrected chi connectivity index (χ0v) is 21.5. The van der Waals surface area contributed by atoms with E-state index in [1.165, 1.54) is 70.3 Å². The highest BCUT2D eigenvalue weighted by atomic mass is 16.5. The summed E-state index contributed by atoms with van der Waals surface area (Å²) < 4.78 is 5.71. The second-order valence-electron chi connectivity index (χ2n) is 10.7. The zero-order chi connectivity index (χ0) is 24.3. The molecule has 34 heavy (non-hydrogen) atoms. The molecule has 4 heteroatoms. The van der Waals surface area contributed by atoms with Gasteiger partial charge in [-0.1, -0.05) is 64.2 Å². The molecule has 0 heterocycles. The van der Waals surface area contributed by atoms with E-state index in [0.29, 0.717) is 12.3 Å². The number of esters is 1. The molecule has 2 fully saturated rings. The van der Waals surface area contributed by atoms with Crippen molar-refractivity contribution in [1.29, 1.82) is 0 Å². The lowest BCUT2D eigenvalue weighted by atomic mass is 9.68. The molecule has 0 aliphatic heterocycles. The quantitative estimate of drug-likeness (QED) is 0.153. The molecular formula is C30H45NO3. The van der Waals surface area contributed by atoms with Crippen molar-refractivity contribution < 1.29 is 14.3 Å². The van der Waals surface area contributed by atoms with Crippen LogP contribution in [0, 0.1) is 23.7 Å². The summed E-state index contributed by atoms with van der Waals surface area (Å²) in [5.74, 6) is 3.18. The summed E-state index contributed by atoms with van der Waals surface area (Å²) in [5, 5.41) is 0. The summed E-state index contributed by atoms with van der Waals surface area (Å²) >= 11 is 0. The Hall–Kier alpha value is -2.10. The van der Waals surface area contributed by atoms with Gasteiger partial charge in [0, 0.05) is 13.6 Å². The minimum Gasteiger partial charge on any atom is -0.426 e. The number of carbonyl (C=O) groups is 2. The summed E-state index contributed by atoms with van der Waals surface area (Å²) in [7, 11) is 1.77. The third kappa shape index (κ3) is 7.99. The highest BCUT2D eigenvalue weighted by Gasteiger charge is 2.33. The maximum absolute atomic E-state index is 12.8. The smallest absolute Gasteiger partial charge is 0.314 e. The average molecular weight is 468 g/mol. The van der Waals surface area contributed by atoms with E-state index >= 15 is 0 Å². The van der Waals surface area contributed by atoms with Crippen molar-refractivity contribution in [2.75, 3.05) is 13.6 Å². The van der Waals surface area contributed by atoms with Crippen molar-refractivity contribution in [2.45, 2.75) is 90.4 Å². The minimum absolute atomic E-state index is 0.0416. The van der Waals surface area contributed by atoms with Gasteiger partial charge in [0.05, 0.1) is 5.92 Å². The van der Waals surface area contributed by atoms with Gasteiger partial charge in [0.2, 0.25) is 5.91 Å². The Morgan fingerprint density at radius 2 is 1.59 bits per heavy atom. The molecule has 188 valence electrons. The predicted octanol–water partition coefficient (Wildman–Crippen LogP) is 6.97. The molecule has 1 amide bonds. The number of hydrogen-bond acceptors (Lipinski definition) is 3. The summed E-state index contributed by atoms with van der Waals surface area (Å²) in [4.78, 5) is 26.0. The first kappa shape index (κ1) is 26.5. The van der Waals surface area contributed by atoms with Gasteiger partial charge in [-0.25, -0.2) is 0 Å². The van der Waals surface area contributed by atoms with Crippen LogP contribution in [0.3, 0.4) is 0 Å². The van der Waals surface area contributed by atoms with E-state index < -0.39 is 0 Å². The molecule has 0 N–H and O–H groups in total. The summed E-state index contributed by atoms with van der Waals surface area (Å²) in [6, 6.07) is 7.69. The molecule has 2 aliphatic carbocycles. The van der Waals surface area contributed by atoms with Crippen LogP contribution in [0.5, 0.6) is 5.75 Å². The van der Waals surface area contributed by atoms with E-state index in [9.17, 15) is 9.59 Å². The monoisotopic (exact) mass is 467 g/mol. The van der Waals surface area contributed by atoms with Gasteiger partial charge in [-0.15, -0.1) is 0 Å². The number of rotatable bonds is 11. The van der Waals surface area contributed by atoms with Crippen LogP contribution in [0.1, 0.15) is 89.5 Å². The fourth-order valence-electron chi connectivity index (χ4n) is 5.94. The first-order valence-electron chi connectivity index (χ1n) is 13.7. The molecule has 1 aromatic rings. The first-order valence-corrected chi connectivity index (χ1v) is 13.7. The molecule has 1 aromatic carbocycles. The van der Waals surface area contributed by atoms with Crippen LogP contribution in [-0.4, -0.2) is 30.4 Å². The fraction of sp³-hybridized carbons (Fsp3) is 0.667. The number of ether oxygens (including phenoxy) is 1. The van der Waals surface area contributed by atoms with Gasteiger partial charge in [-0.05, 0) is 86.5 Å². The van der Waals surface area contributed by atoms with Crippen molar-refractivity contribution in [3.8, 4) is 5.75 Å². The highest BCUT2D eigenvalue weighted by Crippen LogP contribution is 2.42. The van der Waals surface area contributed by atoms with Gasteiger partial charge in [0.1, 0.15) is 5.75 Å². The Morgan fingerprint density at radius 1 is 0.971 bits per heavy atom. The van der Waals surface area contributed by atoms with E-state index in [0.717, 1.165) is 42.6 Å². The van der Waals surface area contributed by atoms with Crippen LogP contribution in [0.15, 0.2) is 36.9 Å². The van der Waals surface area contributed by atoms with Crippen molar-refractivity contribution in [1.82, 2.24) is 4.90 Å². The number of nitrogens with zero attached hydrogens (tertiary/aromatic N) is 1. The summed E-state index contributed by atoms with van der Waals surface area (Å²) in [6.45, 7) is 6.44. The molecule has 2 aliphatic rings. The molecule has 0 unspecified atom stereocenters. The van der Waals surface area contributed by atoms with Crippen molar-refractivity contribution in [3.05, 3.63) is 42.5 Å². The largest absolute Gasteiger partial charge is 0.426 e. The Morgan fingerprint density at radius 3 is 2.18 bits per heavy atom. The third-order valence-corrected chi connectivity index (χ3v) is 8.31. The summed E-state index contributed by atoms with van der Waals surface area (Å²) in [5.41, 5.74) is 1.11. The van der Waals surface area contributed by atoms with Crippen LogP contribution in [0.4, 0.5) is 0 Å². The third-order valence-electron chi connectivity index (χ3n) is 8.31. The van der Waals surface area contributed by atoms with Crippen LogP contribution in [-0.2, 0) is 16.0 Å². The number of likely N-dealkylation sites (N-methyl/N-ethyl adjacent to an activating group) is 1. The lowest BCUT2D eigenvalue weighted by molar-refractivity contribution is -0.140. The molecule has 0 atom stereocenters. The van der Waals surface area contributed by atoms with Gasteiger partial charge < -0.3 is 9.64 Å². The molecule has 0 spiro atoms. The SMILES string of the molecule is C=CC(=O)N(C)CCc1ccc(OC(=O)C2CCC(C3CCC(CCCCC)CC3)CC2)cc1. The van der Waals surface area contributed by atoms with Crippen molar-refractivity contribution in [3.63, 3.8) is 0 Å². The molecule has 0 aromatic heterocycles. The lowest BCUT2D eigenvalue weighted by Gasteiger charge is -2.37. The maximum Gasteiger partial charge on any atom is 0.314 e. The van der Waals surface area contributed by atoms with Crippen LogP contribution >= 0.6 is 0 Å². The van der Waals surface area contributed by atoms with Crippen molar-refractivity contribution in [2.24, 2.45) is 23.7 Å². The predicted molar refractivity (Wildman–Crippen MR) is 139 cm³/mol. The zero-order valence-electron chi connectivity index (χ0n) is 21.5. The Balaban J connectivity index is 1.36. The Labute approximate surface area is 207 Å². The van der Waals surface area contributed by atoms with E-state index in [2.05, 4.69) is 13.5 Å². The van der Waals surface area contributed by atoms with Crippen LogP contribution < -0.4 is 4.74 Å². The van der Waals surface area contributed by atoms with Crippen LogP contribution in [0.2, 0.25) is 0 Å². The first-order chi connectivity index (χ1) is 16.5. The van der Waals surface area contributed by atoms with Gasteiger partial charge in [-0.3, -0.25) is 9.59 Å². The number of hydrogen-bond donors (Lipinski definition) is 0. The van der Waals surface area contributed by atoms with Crippen LogP contribution in [0.25, 0.3) is 0 Å². The fourth-order valence-corrected chi connectivity index (χ4v) is 5.94. The Kier molecular flexibility index (Phi) is 10.7. The number of carbonyl (C=O) groups excluding carboxylic acids is 2. The molecule has 2 saturated carbocycles. The van der Waals surface area contributed by atoms with E-state index in [1.807, 2.05) is 24.3 Å². The average Bonchev–Trinajstić information content (AvgIpc) is 2.88. The van der Waals surface area contributed by atoms with E-state index in [4.69, 9.17) is 4.74 Å². The highest BCUT2D eigenvalue weighted by molar-refractivity contribution is 5.86. The van der Waals surface area contributed by atoms with Gasteiger partial charge in [0.25, 0.3) is 0 Å². The number of benzene rings is 1. The summed E-state index contributed by atoms with van der Waals surface area (Å²) in [6.07, 6.45) is 17.6. The second-order valence-corrected chi connectivity index (χ2v) is 10.7. The minimum atomic E-state index is -0.0737. The Bertz CT molecular complexity index is 771. The molecular weight excluding hydrogens is 422 g/mol. The van der Waals surface area contributed by atoms with E-state index in [1.54, 1.807) is 11.9 Å². The molecule has 4 nitrogen and oxygen atoms in total. The second kappa shape index (κ2) is 13.7. The van der Waals surface area contributed by atoms with Gasteiger partial charge in [0.15, 0.2) is 0 Å². The lowest BCUT2D eigenvalue weighted by Crippen LogP contribution is -2.30. The molecule has 0 radical (unpaired) electrons. The number of amides is 1. The van der Waals surface area contributed by atoms with Gasteiger partial charge in [-0.2, -0.15) is 0 Å². The van der Waals surface area contributed by atoms with Gasteiger partial charge >= 0.3 is 5.97 Å². The normalized spacial score (nSPS) is 24.9. The molecule has 3 rings (SSSR count). The standard InChI is InChI=1S/C30H45NO3/c1-4-6-7-8-23-9-13-25(14-10-23)26-15-17-27(18-16-26)30(33)34-28-19-11-24(12-20-28)21-22-31(3)29(32)5-2/h5,11-12,19-20,23,25-27H,2,4,6-10,13-18,21-22H2,1,3H3. The van der Waals surface area contributed by atoms with Crippen molar-refractivity contribution >= 4 is 11.9 Å². The number of unbranched alkanes of at least 4 members (excludes halogenated alkanes) is 2. The van der Waals surface area contributed by atoms with E-state index in [-0.39, 0.29) is 17.8 Å². The maximum atomic E-state index is 12.8. The topological polar surface area (TPSA) is 46.6 Å². The molecule has 0 bridgehead atoms.